The van der Waals surface area contributed by atoms with Crippen LogP contribution in [-0.2, 0) is 6.42 Å². The summed E-state index contributed by atoms with van der Waals surface area (Å²) >= 11 is 0. The van der Waals surface area contributed by atoms with E-state index in [4.69, 9.17) is 4.98 Å². The summed E-state index contributed by atoms with van der Waals surface area (Å²) in [5.74, 6) is 0.863. The third-order valence-electron chi connectivity index (χ3n) is 5.36. The van der Waals surface area contributed by atoms with E-state index in [2.05, 4.69) is 31.9 Å². The van der Waals surface area contributed by atoms with Crippen molar-refractivity contribution in [1.82, 2.24) is 14.6 Å². The van der Waals surface area contributed by atoms with Crippen LogP contribution in [0.5, 0.6) is 0 Å². The van der Waals surface area contributed by atoms with Gasteiger partial charge in [0.1, 0.15) is 0 Å². The molecule has 0 bridgehead atoms. The minimum absolute atomic E-state index is 0.0602. The van der Waals surface area contributed by atoms with E-state index in [9.17, 15) is 9.90 Å². The predicted molar refractivity (Wildman–Crippen MR) is 93.5 cm³/mol. The number of hydrogen-bond donors (Lipinski definition) is 1. The van der Waals surface area contributed by atoms with E-state index >= 15 is 0 Å². The molecule has 0 unspecified atom stereocenters. The SMILES string of the molecule is CCC1CCC(Cc2cc(C(C)C)n3nc(C(=O)O)cc3n2)CC1. The lowest BCUT2D eigenvalue weighted by atomic mass is 9.79. The number of carboxylic acids is 1. The Morgan fingerprint density at radius 1 is 1.25 bits per heavy atom. The van der Waals surface area contributed by atoms with Crippen LogP contribution in [0.25, 0.3) is 5.65 Å². The maximum atomic E-state index is 11.2. The van der Waals surface area contributed by atoms with Crippen molar-refractivity contribution >= 4 is 11.6 Å². The summed E-state index contributed by atoms with van der Waals surface area (Å²) in [5.41, 5.74) is 2.81. The second-order valence-electron chi connectivity index (χ2n) is 7.43. The summed E-state index contributed by atoms with van der Waals surface area (Å²) in [4.78, 5) is 15.9. The first kappa shape index (κ1) is 16.9. The number of rotatable bonds is 5. The molecule has 0 amide bonds. The van der Waals surface area contributed by atoms with Gasteiger partial charge in [0.2, 0.25) is 0 Å². The monoisotopic (exact) mass is 329 g/mol. The van der Waals surface area contributed by atoms with Gasteiger partial charge >= 0.3 is 5.97 Å². The van der Waals surface area contributed by atoms with Gasteiger partial charge in [-0.05, 0) is 43.1 Å². The van der Waals surface area contributed by atoms with Crippen molar-refractivity contribution in [2.75, 3.05) is 0 Å². The predicted octanol–water partition coefficient (Wildman–Crippen LogP) is 4.31. The van der Waals surface area contributed by atoms with Crippen molar-refractivity contribution in [3.05, 3.63) is 29.2 Å². The topological polar surface area (TPSA) is 67.5 Å². The Balaban J connectivity index is 1.87. The van der Waals surface area contributed by atoms with Crippen molar-refractivity contribution in [3.8, 4) is 0 Å². The molecule has 1 aliphatic rings. The quantitative estimate of drug-likeness (QED) is 0.887. The molecular weight excluding hydrogens is 302 g/mol. The summed E-state index contributed by atoms with van der Waals surface area (Å²) in [5, 5.41) is 13.4. The molecule has 2 heterocycles. The Bertz CT molecular complexity index is 728. The van der Waals surface area contributed by atoms with Crippen molar-refractivity contribution in [1.29, 1.82) is 0 Å². The Hall–Kier alpha value is -1.91. The van der Waals surface area contributed by atoms with Gasteiger partial charge in [0.25, 0.3) is 0 Å². The highest BCUT2D eigenvalue weighted by atomic mass is 16.4. The fourth-order valence-corrected chi connectivity index (χ4v) is 3.81. The Morgan fingerprint density at radius 3 is 2.50 bits per heavy atom. The van der Waals surface area contributed by atoms with Crippen LogP contribution in [0.15, 0.2) is 12.1 Å². The smallest absolute Gasteiger partial charge is 0.356 e. The molecule has 1 fully saturated rings. The van der Waals surface area contributed by atoms with Gasteiger partial charge in [-0.25, -0.2) is 14.3 Å². The average Bonchev–Trinajstić information content (AvgIpc) is 2.99. The van der Waals surface area contributed by atoms with Crippen LogP contribution in [-0.4, -0.2) is 25.7 Å². The summed E-state index contributed by atoms with van der Waals surface area (Å²) in [6.45, 7) is 6.50. The van der Waals surface area contributed by atoms with Crippen LogP contribution in [0.1, 0.15) is 80.7 Å². The number of aromatic nitrogens is 3. The molecule has 130 valence electrons. The second kappa shape index (κ2) is 6.91. The van der Waals surface area contributed by atoms with Crippen LogP contribution in [0.3, 0.4) is 0 Å². The normalized spacial score (nSPS) is 21.5. The summed E-state index contributed by atoms with van der Waals surface area (Å²) in [6, 6.07) is 3.69. The highest BCUT2D eigenvalue weighted by Gasteiger charge is 2.22. The zero-order valence-electron chi connectivity index (χ0n) is 14.8. The Labute approximate surface area is 143 Å². The lowest BCUT2D eigenvalue weighted by molar-refractivity contribution is 0.0690. The van der Waals surface area contributed by atoms with Crippen LogP contribution in [0.2, 0.25) is 0 Å². The van der Waals surface area contributed by atoms with Gasteiger partial charge in [0.05, 0.1) is 0 Å². The van der Waals surface area contributed by atoms with Gasteiger partial charge in [-0.3, -0.25) is 0 Å². The Morgan fingerprint density at radius 2 is 1.92 bits per heavy atom. The number of fused-ring (bicyclic) bond motifs is 1. The molecule has 2 aromatic rings. The van der Waals surface area contributed by atoms with Crippen molar-refractivity contribution in [3.63, 3.8) is 0 Å². The zero-order chi connectivity index (χ0) is 17.3. The number of carbonyl (C=O) groups is 1. The van der Waals surface area contributed by atoms with Gasteiger partial charge in [-0.15, -0.1) is 0 Å². The second-order valence-corrected chi connectivity index (χ2v) is 7.43. The van der Waals surface area contributed by atoms with E-state index in [1.165, 1.54) is 32.1 Å². The first-order chi connectivity index (χ1) is 11.5. The van der Waals surface area contributed by atoms with E-state index < -0.39 is 5.97 Å². The van der Waals surface area contributed by atoms with E-state index in [1.54, 1.807) is 10.6 Å². The molecule has 0 saturated heterocycles. The number of hydrogen-bond acceptors (Lipinski definition) is 3. The third kappa shape index (κ3) is 3.45. The number of carboxylic acid groups (broad SMARTS) is 1. The highest BCUT2D eigenvalue weighted by Crippen LogP contribution is 2.32. The molecule has 0 aromatic carbocycles. The number of nitrogens with zero attached hydrogens (tertiary/aromatic N) is 3. The van der Waals surface area contributed by atoms with Crippen molar-refractivity contribution in [2.24, 2.45) is 11.8 Å². The van der Waals surface area contributed by atoms with E-state index in [1.807, 2.05) is 0 Å². The molecule has 24 heavy (non-hydrogen) atoms. The molecular formula is C19H27N3O2. The number of aromatic carboxylic acids is 1. The van der Waals surface area contributed by atoms with Crippen molar-refractivity contribution < 1.29 is 9.90 Å². The summed E-state index contributed by atoms with van der Waals surface area (Å²) in [7, 11) is 0. The van der Waals surface area contributed by atoms with Gasteiger partial charge in [0.15, 0.2) is 11.3 Å². The third-order valence-corrected chi connectivity index (χ3v) is 5.36. The molecule has 0 spiro atoms. The standard InChI is InChI=1S/C19H27N3O2/c1-4-13-5-7-14(8-6-13)9-15-10-17(12(2)3)22-18(20-15)11-16(21-22)19(23)24/h10-14H,4-9H2,1-3H3,(H,23,24). The fourth-order valence-electron chi connectivity index (χ4n) is 3.81. The molecule has 2 aromatic heterocycles. The first-order valence-electron chi connectivity index (χ1n) is 9.10. The molecule has 0 radical (unpaired) electrons. The van der Waals surface area contributed by atoms with Gasteiger partial charge in [0, 0.05) is 17.5 Å². The van der Waals surface area contributed by atoms with E-state index in [0.29, 0.717) is 11.6 Å². The summed E-state index contributed by atoms with van der Waals surface area (Å²) < 4.78 is 1.69. The van der Waals surface area contributed by atoms with Gasteiger partial charge < -0.3 is 5.11 Å². The van der Waals surface area contributed by atoms with E-state index in [0.717, 1.165) is 23.7 Å². The lowest BCUT2D eigenvalue weighted by Crippen LogP contribution is -2.17. The molecule has 0 aliphatic heterocycles. The average molecular weight is 329 g/mol. The zero-order valence-corrected chi connectivity index (χ0v) is 14.8. The fraction of sp³-hybridized carbons (Fsp3) is 0.632. The lowest BCUT2D eigenvalue weighted by Gasteiger charge is -2.27. The first-order valence-corrected chi connectivity index (χ1v) is 9.10. The molecule has 0 atom stereocenters. The Kier molecular flexibility index (Phi) is 4.88. The van der Waals surface area contributed by atoms with Crippen molar-refractivity contribution in [2.45, 2.75) is 65.2 Å². The molecule has 1 saturated carbocycles. The molecule has 5 heteroatoms. The van der Waals surface area contributed by atoms with Crippen LogP contribution < -0.4 is 0 Å². The highest BCUT2D eigenvalue weighted by molar-refractivity contribution is 5.86. The minimum atomic E-state index is -1.00. The molecule has 1 N–H and O–H groups in total. The molecule has 3 rings (SSSR count). The minimum Gasteiger partial charge on any atom is -0.476 e. The summed E-state index contributed by atoms with van der Waals surface area (Å²) in [6.07, 6.45) is 7.50. The van der Waals surface area contributed by atoms with Crippen LogP contribution in [0, 0.1) is 11.8 Å². The van der Waals surface area contributed by atoms with Crippen LogP contribution in [0.4, 0.5) is 0 Å². The van der Waals surface area contributed by atoms with Crippen LogP contribution >= 0.6 is 0 Å². The largest absolute Gasteiger partial charge is 0.476 e. The van der Waals surface area contributed by atoms with E-state index in [-0.39, 0.29) is 11.6 Å². The van der Waals surface area contributed by atoms with Gasteiger partial charge in [-0.1, -0.05) is 40.0 Å². The molecule has 5 nitrogen and oxygen atoms in total. The molecule has 1 aliphatic carbocycles. The van der Waals surface area contributed by atoms with Gasteiger partial charge in [-0.2, -0.15) is 5.10 Å². The maximum absolute atomic E-state index is 11.2. The maximum Gasteiger partial charge on any atom is 0.356 e.